The second-order valence-electron chi connectivity index (χ2n) is 6.62. The number of likely N-dealkylation sites (N-methyl/N-ethyl adjacent to an activating group) is 1. The summed E-state index contributed by atoms with van der Waals surface area (Å²) in [7, 11) is -0.842. The van der Waals surface area contributed by atoms with E-state index < -0.39 is 9.84 Å². The molecule has 23 heavy (non-hydrogen) atoms. The summed E-state index contributed by atoms with van der Waals surface area (Å²) in [6.45, 7) is 1.49. The molecule has 128 valence electrons. The van der Waals surface area contributed by atoms with Gasteiger partial charge in [0.15, 0.2) is 9.84 Å². The minimum Gasteiger partial charge on any atom is -0.350 e. The van der Waals surface area contributed by atoms with E-state index in [1.807, 2.05) is 0 Å². The fraction of sp³-hybridized carbons (Fsp3) is 0.688. The molecule has 1 aromatic heterocycles. The van der Waals surface area contributed by atoms with Gasteiger partial charge < -0.3 is 10.2 Å². The molecule has 1 amide bonds. The number of amides is 1. The predicted molar refractivity (Wildman–Crippen MR) is 92.5 cm³/mol. The lowest BCUT2D eigenvalue weighted by Crippen LogP contribution is -2.39. The first-order valence-electron chi connectivity index (χ1n) is 8.25. The molecule has 3 rings (SSSR count). The SMILES string of the molecule is CN(CCNC(=O)c1cc2c(s1)CS(=O)(=O)C2)C1CCCCC1. The molecule has 1 fully saturated rings. The highest BCUT2D eigenvalue weighted by molar-refractivity contribution is 7.90. The second kappa shape index (κ2) is 6.91. The normalized spacial score (nSPS) is 20.6. The van der Waals surface area contributed by atoms with Gasteiger partial charge >= 0.3 is 0 Å². The van der Waals surface area contributed by atoms with Crippen LogP contribution in [0.2, 0.25) is 0 Å². The van der Waals surface area contributed by atoms with E-state index in [9.17, 15) is 13.2 Å². The lowest BCUT2D eigenvalue weighted by Gasteiger charge is -2.31. The van der Waals surface area contributed by atoms with Crippen molar-refractivity contribution in [2.45, 2.75) is 49.7 Å². The third kappa shape index (κ3) is 4.14. The Morgan fingerprint density at radius 3 is 2.74 bits per heavy atom. The van der Waals surface area contributed by atoms with Crippen molar-refractivity contribution >= 4 is 27.1 Å². The van der Waals surface area contributed by atoms with Crippen LogP contribution in [0.4, 0.5) is 0 Å². The van der Waals surface area contributed by atoms with Crippen LogP contribution < -0.4 is 5.32 Å². The van der Waals surface area contributed by atoms with Gasteiger partial charge in [0, 0.05) is 24.0 Å². The average Bonchev–Trinajstić information content (AvgIpc) is 3.01. The summed E-state index contributed by atoms with van der Waals surface area (Å²) in [6.07, 6.45) is 6.49. The van der Waals surface area contributed by atoms with Crippen molar-refractivity contribution in [1.82, 2.24) is 10.2 Å². The molecule has 1 aliphatic heterocycles. The summed E-state index contributed by atoms with van der Waals surface area (Å²) in [4.78, 5) is 16.0. The summed E-state index contributed by atoms with van der Waals surface area (Å²) < 4.78 is 23.1. The molecular weight excluding hydrogens is 332 g/mol. The van der Waals surface area contributed by atoms with E-state index in [1.165, 1.54) is 43.4 Å². The first kappa shape index (κ1) is 16.9. The topological polar surface area (TPSA) is 66.5 Å². The van der Waals surface area contributed by atoms with Gasteiger partial charge in [-0.15, -0.1) is 11.3 Å². The molecule has 0 atom stereocenters. The van der Waals surface area contributed by atoms with Gasteiger partial charge in [-0.3, -0.25) is 4.79 Å². The van der Waals surface area contributed by atoms with Crippen LogP contribution in [-0.4, -0.2) is 45.4 Å². The molecule has 5 nitrogen and oxygen atoms in total. The minimum atomic E-state index is -2.97. The summed E-state index contributed by atoms with van der Waals surface area (Å²) in [5, 5.41) is 2.96. The third-order valence-electron chi connectivity index (χ3n) is 4.79. The van der Waals surface area contributed by atoms with Crippen molar-refractivity contribution in [2.24, 2.45) is 0 Å². The molecule has 0 radical (unpaired) electrons. The molecule has 0 bridgehead atoms. The highest BCUT2D eigenvalue weighted by Gasteiger charge is 2.28. The van der Waals surface area contributed by atoms with E-state index in [0.717, 1.165) is 17.0 Å². The summed E-state index contributed by atoms with van der Waals surface area (Å²) in [6, 6.07) is 2.39. The Kier molecular flexibility index (Phi) is 5.08. The molecule has 0 unspecified atom stereocenters. The predicted octanol–water partition coefficient (Wildman–Crippen LogP) is 2.17. The number of nitrogens with one attached hydrogen (secondary N) is 1. The van der Waals surface area contributed by atoms with Gasteiger partial charge in [-0.05, 0) is 31.5 Å². The maximum atomic E-state index is 12.2. The van der Waals surface area contributed by atoms with Crippen molar-refractivity contribution in [3.63, 3.8) is 0 Å². The molecule has 1 saturated carbocycles. The number of hydrogen-bond donors (Lipinski definition) is 1. The Morgan fingerprint density at radius 2 is 2.04 bits per heavy atom. The summed E-state index contributed by atoms with van der Waals surface area (Å²) in [5.74, 6) is 0.0835. The number of thiophene rings is 1. The average molecular weight is 357 g/mol. The van der Waals surface area contributed by atoms with Gasteiger partial charge in [-0.25, -0.2) is 8.42 Å². The van der Waals surface area contributed by atoms with Crippen LogP contribution in [-0.2, 0) is 21.3 Å². The number of hydrogen-bond acceptors (Lipinski definition) is 5. The van der Waals surface area contributed by atoms with Crippen LogP contribution in [0.15, 0.2) is 6.07 Å². The zero-order valence-electron chi connectivity index (χ0n) is 13.5. The molecule has 2 aliphatic rings. The van der Waals surface area contributed by atoms with E-state index >= 15 is 0 Å². The van der Waals surface area contributed by atoms with Gasteiger partial charge in [-0.1, -0.05) is 19.3 Å². The highest BCUT2D eigenvalue weighted by Crippen LogP contribution is 2.32. The second-order valence-corrected chi connectivity index (χ2v) is 9.82. The van der Waals surface area contributed by atoms with Crippen molar-refractivity contribution in [1.29, 1.82) is 0 Å². The number of nitrogens with zero attached hydrogens (tertiary/aromatic N) is 1. The monoisotopic (exact) mass is 356 g/mol. The first-order valence-corrected chi connectivity index (χ1v) is 10.9. The van der Waals surface area contributed by atoms with E-state index in [0.29, 0.717) is 17.5 Å². The molecule has 7 heteroatoms. The Morgan fingerprint density at radius 1 is 1.30 bits per heavy atom. The van der Waals surface area contributed by atoms with E-state index in [2.05, 4.69) is 17.3 Å². The third-order valence-corrected chi connectivity index (χ3v) is 7.63. The van der Waals surface area contributed by atoms with E-state index in [4.69, 9.17) is 0 Å². The smallest absolute Gasteiger partial charge is 0.261 e. The van der Waals surface area contributed by atoms with Crippen molar-refractivity contribution in [3.8, 4) is 0 Å². The minimum absolute atomic E-state index is 0.0799. The van der Waals surface area contributed by atoms with Gasteiger partial charge in [0.2, 0.25) is 0 Å². The maximum Gasteiger partial charge on any atom is 0.261 e. The Hall–Kier alpha value is -0.920. The number of fused-ring (bicyclic) bond motifs is 1. The molecule has 1 aliphatic carbocycles. The standard InChI is InChI=1S/C16H24N2O3S2/c1-18(13-5-3-2-4-6-13)8-7-17-16(19)14-9-12-10-23(20,21)11-15(12)22-14/h9,13H,2-8,10-11H2,1H3,(H,17,19). The Bertz CT molecular complexity index is 646. The molecule has 2 heterocycles. The molecule has 1 N–H and O–H groups in total. The van der Waals surface area contributed by atoms with Gasteiger partial charge in [0.25, 0.3) is 5.91 Å². The van der Waals surface area contributed by atoms with E-state index in [-0.39, 0.29) is 17.4 Å². The molecule has 0 aromatic carbocycles. The summed E-state index contributed by atoms with van der Waals surface area (Å²) >= 11 is 1.31. The fourth-order valence-corrected chi connectivity index (χ4v) is 6.63. The molecule has 0 spiro atoms. The molecular formula is C16H24N2O3S2. The van der Waals surface area contributed by atoms with Gasteiger partial charge in [-0.2, -0.15) is 0 Å². The fourth-order valence-electron chi connectivity index (χ4n) is 3.45. The lowest BCUT2D eigenvalue weighted by atomic mass is 9.94. The van der Waals surface area contributed by atoms with E-state index in [1.54, 1.807) is 6.07 Å². The van der Waals surface area contributed by atoms with Crippen LogP contribution in [0.25, 0.3) is 0 Å². The first-order chi connectivity index (χ1) is 10.9. The Balaban J connectivity index is 1.47. The highest BCUT2D eigenvalue weighted by atomic mass is 32.2. The van der Waals surface area contributed by atoms with Crippen LogP contribution >= 0.6 is 11.3 Å². The van der Waals surface area contributed by atoms with Crippen LogP contribution in [0.5, 0.6) is 0 Å². The largest absolute Gasteiger partial charge is 0.350 e. The van der Waals surface area contributed by atoms with Crippen molar-refractivity contribution in [2.75, 3.05) is 20.1 Å². The van der Waals surface area contributed by atoms with Crippen LogP contribution in [0.1, 0.15) is 52.2 Å². The number of sulfone groups is 1. The van der Waals surface area contributed by atoms with Crippen molar-refractivity contribution < 1.29 is 13.2 Å². The zero-order valence-corrected chi connectivity index (χ0v) is 15.1. The van der Waals surface area contributed by atoms with Gasteiger partial charge in [0.05, 0.1) is 16.4 Å². The zero-order chi connectivity index (χ0) is 16.4. The maximum absolute atomic E-state index is 12.2. The van der Waals surface area contributed by atoms with Crippen LogP contribution in [0, 0.1) is 0 Å². The number of carbonyl (C=O) groups excluding carboxylic acids is 1. The summed E-state index contributed by atoms with van der Waals surface area (Å²) in [5.41, 5.74) is 0.805. The Labute approximate surface area is 142 Å². The molecule has 0 saturated heterocycles. The number of carbonyl (C=O) groups is 1. The van der Waals surface area contributed by atoms with Crippen LogP contribution in [0.3, 0.4) is 0 Å². The number of rotatable bonds is 5. The van der Waals surface area contributed by atoms with Crippen molar-refractivity contribution in [3.05, 3.63) is 21.4 Å². The quantitative estimate of drug-likeness (QED) is 0.878. The van der Waals surface area contributed by atoms with Gasteiger partial charge in [0.1, 0.15) is 0 Å². The molecule has 1 aromatic rings. The lowest BCUT2D eigenvalue weighted by molar-refractivity contribution is 0.0948.